The van der Waals surface area contributed by atoms with Gasteiger partial charge in [-0.2, -0.15) is 0 Å². The van der Waals surface area contributed by atoms with Crippen molar-refractivity contribution in [2.75, 3.05) is 11.9 Å². The van der Waals surface area contributed by atoms with E-state index >= 15 is 0 Å². The van der Waals surface area contributed by atoms with Gasteiger partial charge in [-0.05, 0) is 61.7 Å². The van der Waals surface area contributed by atoms with Gasteiger partial charge in [-0.1, -0.05) is 30.2 Å². The second-order valence-electron chi connectivity index (χ2n) is 7.02. The number of benzene rings is 2. The number of halogens is 1. The first-order valence-electron chi connectivity index (χ1n) is 9.32. The molecule has 0 aliphatic carbocycles. The van der Waals surface area contributed by atoms with Gasteiger partial charge < -0.3 is 15.2 Å². The summed E-state index contributed by atoms with van der Waals surface area (Å²) in [6.45, 7) is 6.96. The number of urea groups is 1. The van der Waals surface area contributed by atoms with Crippen molar-refractivity contribution in [1.29, 1.82) is 0 Å². The third kappa shape index (κ3) is 4.54. The third-order valence-electron chi connectivity index (χ3n) is 4.62. The van der Waals surface area contributed by atoms with Crippen LogP contribution >= 0.6 is 11.6 Å². The summed E-state index contributed by atoms with van der Waals surface area (Å²) in [6, 6.07) is 12.5. The second kappa shape index (κ2) is 8.48. The molecule has 2 aromatic carbocycles. The van der Waals surface area contributed by atoms with Crippen LogP contribution in [-0.4, -0.2) is 22.5 Å². The average molecular weight is 398 g/mol. The number of nitrogens with zero attached hydrogens (tertiary/aromatic N) is 1. The van der Waals surface area contributed by atoms with Crippen molar-refractivity contribution in [2.45, 2.75) is 33.7 Å². The van der Waals surface area contributed by atoms with Gasteiger partial charge in [0.2, 0.25) is 5.56 Å². The highest BCUT2D eigenvalue weighted by atomic mass is 35.5. The zero-order valence-corrected chi connectivity index (χ0v) is 17.1. The Morgan fingerprint density at radius 3 is 2.54 bits per heavy atom. The summed E-state index contributed by atoms with van der Waals surface area (Å²) in [7, 11) is 0. The van der Waals surface area contributed by atoms with Gasteiger partial charge in [0, 0.05) is 35.3 Å². The molecule has 0 atom stereocenters. The molecule has 0 unspecified atom stereocenters. The Kier molecular flexibility index (Phi) is 6.05. The fourth-order valence-electron chi connectivity index (χ4n) is 3.38. The molecule has 0 aliphatic rings. The number of aromatic amines is 1. The SMILES string of the molecule is CCCN(Cc1cc(=O)[nH]c2c(C)cc(C)cc12)C(=O)Nc1ccc(Cl)cc1. The van der Waals surface area contributed by atoms with E-state index < -0.39 is 0 Å². The summed E-state index contributed by atoms with van der Waals surface area (Å²) < 4.78 is 0. The monoisotopic (exact) mass is 397 g/mol. The van der Waals surface area contributed by atoms with E-state index in [0.717, 1.165) is 34.0 Å². The number of hydrogen-bond acceptors (Lipinski definition) is 2. The molecule has 0 radical (unpaired) electrons. The van der Waals surface area contributed by atoms with Crippen LogP contribution in [0.5, 0.6) is 0 Å². The zero-order chi connectivity index (χ0) is 20.3. The van der Waals surface area contributed by atoms with E-state index in [9.17, 15) is 9.59 Å². The van der Waals surface area contributed by atoms with Gasteiger partial charge in [0.1, 0.15) is 0 Å². The van der Waals surface area contributed by atoms with E-state index in [-0.39, 0.29) is 11.6 Å². The van der Waals surface area contributed by atoms with Crippen LogP contribution in [0.2, 0.25) is 5.02 Å². The second-order valence-corrected chi connectivity index (χ2v) is 7.46. The predicted molar refractivity (Wildman–Crippen MR) is 115 cm³/mol. The fraction of sp³-hybridized carbons (Fsp3) is 0.273. The minimum atomic E-state index is -0.207. The molecule has 3 aromatic rings. The van der Waals surface area contributed by atoms with Crippen LogP contribution in [0.4, 0.5) is 10.5 Å². The molecule has 0 bridgehead atoms. The Hall–Kier alpha value is -2.79. The molecule has 0 fully saturated rings. The summed E-state index contributed by atoms with van der Waals surface area (Å²) in [5.41, 5.74) is 4.31. The van der Waals surface area contributed by atoms with Gasteiger partial charge in [-0.25, -0.2) is 4.79 Å². The Balaban J connectivity index is 1.93. The molecule has 2 N–H and O–H groups in total. The first-order valence-corrected chi connectivity index (χ1v) is 9.70. The summed E-state index contributed by atoms with van der Waals surface area (Å²) >= 11 is 5.91. The maximum atomic E-state index is 12.8. The van der Waals surface area contributed by atoms with Gasteiger partial charge in [-0.15, -0.1) is 0 Å². The van der Waals surface area contributed by atoms with Crippen LogP contribution in [0, 0.1) is 13.8 Å². The number of nitrogens with one attached hydrogen (secondary N) is 2. The van der Waals surface area contributed by atoms with Crippen molar-refractivity contribution < 1.29 is 4.79 Å². The molecule has 0 saturated carbocycles. The third-order valence-corrected chi connectivity index (χ3v) is 4.87. The highest BCUT2D eigenvalue weighted by Gasteiger charge is 2.16. The highest BCUT2D eigenvalue weighted by molar-refractivity contribution is 6.30. The molecule has 3 rings (SSSR count). The maximum Gasteiger partial charge on any atom is 0.322 e. The van der Waals surface area contributed by atoms with Crippen LogP contribution in [0.1, 0.15) is 30.0 Å². The number of pyridine rings is 1. The molecule has 0 aliphatic heterocycles. The smallest absolute Gasteiger partial charge is 0.322 e. The van der Waals surface area contributed by atoms with E-state index in [2.05, 4.69) is 16.4 Å². The minimum Gasteiger partial charge on any atom is -0.322 e. The largest absolute Gasteiger partial charge is 0.322 e. The molecule has 1 aromatic heterocycles. The van der Waals surface area contributed by atoms with Crippen molar-refractivity contribution in [2.24, 2.45) is 0 Å². The molecule has 5 nitrogen and oxygen atoms in total. The van der Waals surface area contributed by atoms with Crippen LogP contribution in [0.3, 0.4) is 0 Å². The quantitative estimate of drug-likeness (QED) is 0.618. The number of aromatic nitrogens is 1. The van der Waals surface area contributed by atoms with E-state index in [0.29, 0.717) is 23.8 Å². The lowest BCUT2D eigenvalue weighted by Gasteiger charge is -2.23. The summed E-state index contributed by atoms with van der Waals surface area (Å²) in [6.07, 6.45) is 0.813. The molecule has 1 heterocycles. The van der Waals surface area contributed by atoms with Crippen LogP contribution in [0.15, 0.2) is 47.3 Å². The molecule has 6 heteroatoms. The number of carbonyl (C=O) groups is 1. The Morgan fingerprint density at radius 1 is 1.14 bits per heavy atom. The zero-order valence-electron chi connectivity index (χ0n) is 16.3. The maximum absolute atomic E-state index is 12.8. The summed E-state index contributed by atoms with van der Waals surface area (Å²) in [4.78, 5) is 29.7. The van der Waals surface area contributed by atoms with Crippen molar-refractivity contribution in [3.05, 3.63) is 74.5 Å². The molecular weight excluding hydrogens is 374 g/mol. The first kappa shape index (κ1) is 20.0. The Morgan fingerprint density at radius 2 is 1.86 bits per heavy atom. The minimum absolute atomic E-state index is 0.163. The number of rotatable bonds is 5. The van der Waals surface area contributed by atoms with Gasteiger partial charge in [-0.3, -0.25) is 4.79 Å². The number of anilines is 1. The van der Waals surface area contributed by atoms with Crippen LogP contribution in [0.25, 0.3) is 10.9 Å². The van der Waals surface area contributed by atoms with Crippen molar-refractivity contribution in [3.63, 3.8) is 0 Å². The van der Waals surface area contributed by atoms with E-state index in [4.69, 9.17) is 11.6 Å². The van der Waals surface area contributed by atoms with E-state index in [1.165, 1.54) is 0 Å². The topological polar surface area (TPSA) is 65.2 Å². The first-order chi connectivity index (χ1) is 13.4. The lowest BCUT2D eigenvalue weighted by Crippen LogP contribution is -2.35. The van der Waals surface area contributed by atoms with Gasteiger partial charge in [0.05, 0.1) is 5.52 Å². The van der Waals surface area contributed by atoms with Gasteiger partial charge in [0.25, 0.3) is 0 Å². The Bertz CT molecular complexity index is 1060. The van der Waals surface area contributed by atoms with Crippen molar-refractivity contribution >= 4 is 34.2 Å². The number of fused-ring (bicyclic) bond motifs is 1. The van der Waals surface area contributed by atoms with E-state index in [1.54, 1.807) is 35.2 Å². The number of hydrogen-bond donors (Lipinski definition) is 2. The van der Waals surface area contributed by atoms with Crippen LogP contribution < -0.4 is 10.9 Å². The standard InChI is InChI=1S/C22H24ClN3O2/c1-4-9-26(22(28)24-18-7-5-17(23)6-8-18)13-16-12-20(27)25-21-15(3)10-14(2)11-19(16)21/h5-8,10-12H,4,9,13H2,1-3H3,(H,24,28)(H,25,27). The molecule has 0 spiro atoms. The van der Waals surface area contributed by atoms with E-state index in [1.807, 2.05) is 26.8 Å². The molecule has 0 saturated heterocycles. The fourth-order valence-corrected chi connectivity index (χ4v) is 3.50. The number of H-pyrrole nitrogens is 1. The van der Waals surface area contributed by atoms with Crippen LogP contribution in [-0.2, 0) is 6.54 Å². The van der Waals surface area contributed by atoms with Crippen molar-refractivity contribution in [3.8, 4) is 0 Å². The molecule has 146 valence electrons. The Labute approximate surface area is 169 Å². The van der Waals surface area contributed by atoms with Crippen molar-refractivity contribution in [1.82, 2.24) is 9.88 Å². The number of aryl methyl sites for hydroxylation is 2. The van der Waals surface area contributed by atoms with Gasteiger partial charge >= 0.3 is 6.03 Å². The molecular formula is C22H24ClN3O2. The highest BCUT2D eigenvalue weighted by Crippen LogP contribution is 2.22. The number of carbonyl (C=O) groups excluding carboxylic acids is 1. The lowest BCUT2D eigenvalue weighted by molar-refractivity contribution is 0.209. The molecule has 2 amide bonds. The average Bonchev–Trinajstić information content (AvgIpc) is 2.64. The molecule has 28 heavy (non-hydrogen) atoms. The number of amides is 2. The summed E-state index contributed by atoms with van der Waals surface area (Å²) in [5.74, 6) is 0. The van der Waals surface area contributed by atoms with Gasteiger partial charge in [0.15, 0.2) is 0 Å². The normalized spacial score (nSPS) is 10.9. The summed E-state index contributed by atoms with van der Waals surface area (Å²) in [5, 5.41) is 4.49. The predicted octanol–water partition coefficient (Wildman–Crippen LogP) is 5.24. The lowest BCUT2D eigenvalue weighted by atomic mass is 10.0.